The summed E-state index contributed by atoms with van der Waals surface area (Å²) in [5, 5.41) is 9.29. The third kappa shape index (κ3) is 2.19. The molecule has 2 rings (SSSR count). The fraction of sp³-hybridized carbons (Fsp3) is 0.571. The van der Waals surface area contributed by atoms with Crippen molar-refractivity contribution in [1.29, 1.82) is 0 Å². The maximum atomic E-state index is 11.3. The van der Waals surface area contributed by atoms with Crippen LogP contribution in [0.4, 0.5) is 0 Å². The third-order valence-corrected chi connectivity index (χ3v) is 3.34. The first-order chi connectivity index (χ1) is 7.91. The molecule has 0 unspecified atom stereocenters. The predicted octanol–water partition coefficient (Wildman–Crippen LogP) is 2.96. The second-order valence-corrected chi connectivity index (χ2v) is 5.73. The van der Waals surface area contributed by atoms with E-state index in [1.165, 1.54) is 11.8 Å². The van der Waals surface area contributed by atoms with Crippen LogP contribution in [-0.2, 0) is 18.3 Å². The van der Waals surface area contributed by atoms with Crippen molar-refractivity contribution in [2.75, 3.05) is 0 Å². The van der Waals surface area contributed by atoms with E-state index in [9.17, 15) is 9.90 Å². The molecule has 1 aliphatic carbocycles. The lowest BCUT2D eigenvalue weighted by Crippen LogP contribution is -2.23. The van der Waals surface area contributed by atoms with Crippen molar-refractivity contribution in [3.8, 4) is 0 Å². The van der Waals surface area contributed by atoms with Gasteiger partial charge < -0.3 is 5.11 Å². The summed E-state index contributed by atoms with van der Waals surface area (Å²) in [5.41, 5.74) is 3.50. The lowest BCUT2D eigenvalue weighted by molar-refractivity contribution is 0.0693. The highest BCUT2D eigenvalue weighted by atomic mass is 16.4. The molecular formula is C14H19NO2. The number of aromatic nitrogens is 1. The van der Waals surface area contributed by atoms with Gasteiger partial charge in [0.05, 0.1) is 5.56 Å². The number of nitrogens with zero attached hydrogens (tertiary/aromatic N) is 1. The average Bonchev–Trinajstić information content (AvgIpc) is 2.26. The lowest BCUT2D eigenvalue weighted by Gasteiger charge is -2.28. The molecule has 0 atom stereocenters. The highest BCUT2D eigenvalue weighted by Crippen LogP contribution is 2.34. The van der Waals surface area contributed by atoms with E-state index in [1.807, 2.05) is 0 Å². The van der Waals surface area contributed by atoms with Gasteiger partial charge in [0.1, 0.15) is 0 Å². The minimum Gasteiger partial charge on any atom is -0.478 e. The van der Waals surface area contributed by atoms with E-state index in [1.54, 1.807) is 0 Å². The second kappa shape index (κ2) is 4.13. The molecule has 0 radical (unpaired) electrons. The summed E-state index contributed by atoms with van der Waals surface area (Å²) in [6, 6.07) is 0. The Hall–Kier alpha value is -1.38. The second-order valence-electron chi connectivity index (χ2n) is 5.73. The number of fused-ring (bicyclic) bond motifs is 1. The summed E-state index contributed by atoms with van der Waals surface area (Å²) in [6.07, 6.45) is 5.79. The zero-order valence-electron chi connectivity index (χ0n) is 10.7. The Labute approximate surface area is 102 Å². The van der Waals surface area contributed by atoms with Crippen LogP contribution >= 0.6 is 0 Å². The van der Waals surface area contributed by atoms with Crippen LogP contribution in [0.25, 0.3) is 0 Å². The number of aryl methyl sites for hydroxylation is 1. The number of carboxylic acids is 1. The molecule has 0 aliphatic heterocycles. The van der Waals surface area contributed by atoms with E-state index in [-0.39, 0.29) is 5.41 Å². The molecule has 0 bridgehead atoms. The number of aromatic carboxylic acids is 1. The van der Waals surface area contributed by atoms with E-state index in [0.717, 1.165) is 36.9 Å². The van der Waals surface area contributed by atoms with Gasteiger partial charge in [-0.2, -0.15) is 0 Å². The van der Waals surface area contributed by atoms with Crippen LogP contribution in [0.3, 0.4) is 0 Å². The SMILES string of the molecule is CC(C)(C)c1c(C(=O)O)cnc2c1CCCC2. The van der Waals surface area contributed by atoms with Gasteiger partial charge in [-0.3, -0.25) is 4.98 Å². The lowest BCUT2D eigenvalue weighted by atomic mass is 9.77. The van der Waals surface area contributed by atoms with Gasteiger partial charge in [-0.25, -0.2) is 4.79 Å². The normalized spacial score (nSPS) is 15.5. The van der Waals surface area contributed by atoms with E-state index < -0.39 is 5.97 Å². The zero-order chi connectivity index (χ0) is 12.6. The van der Waals surface area contributed by atoms with Gasteiger partial charge in [0.15, 0.2) is 0 Å². The number of rotatable bonds is 1. The Kier molecular flexibility index (Phi) is 2.94. The molecule has 0 amide bonds. The summed E-state index contributed by atoms with van der Waals surface area (Å²) in [4.78, 5) is 15.6. The maximum absolute atomic E-state index is 11.3. The molecule has 0 aromatic carbocycles. The standard InChI is InChI=1S/C14H19NO2/c1-14(2,3)12-9-6-4-5-7-11(9)15-8-10(12)13(16)17/h8H,4-7H2,1-3H3,(H,16,17). The third-order valence-electron chi connectivity index (χ3n) is 3.34. The van der Waals surface area contributed by atoms with Crippen molar-refractivity contribution in [3.05, 3.63) is 28.6 Å². The minimum atomic E-state index is -0.865. The average molecular weight is 233 g/mol. The number of hydrogen-bond acceptors (Lipinski definition) is 2. The van der Waals surface area contributed by atoms with Crippen molar-refractivity contribution in [2.45, 2.75) is 51.9 Å². The van der Waals surface area contributed by atoms with Crippen molar-refractivity contribution in [1.82, 2.24) is 4.98 Å². The Morgan fingerprint density at radius 2 is 1.94 bits per heavy atom. The molecule has 0 saturated carbocycles. The summed E-state index contributed by atoms with van der Waals surface area (Å²) < 4.78 is 0. The molecule has 1 aromatic rings. The highest BCUT2D eigenvalue weighted by Gasteiger charge is 2.28. The molecule has 1 N–H and O–H groups in total. The molecule has 0 spiro atoms. The first kappa shape index (κ1) is 12.1. The van der Waals surface area contributed by atoms with Crippen LogP contribution in [-0.4, -0.2) is 16.1 Å². The molecule has 0 saturated heterocycles. The molecule has 17 heavy (non-hydrogen) atoms. The molecule has 3 heteroatoms. The van der Waals surface area contributed by atoms with E-state index in [2.05, 4.69) is 25.8 Å². The van der Waals surface area contributed by atoms with E-state index in [4.69, 9.17) is 0 Å². The summed E-state index contributed by atoms with van der Waals surface area (Å²) in [5.74, 6) is -0.865. The highest BCUT2D eigenvalue weighted by molar-refractivity contribution is 5.90. The van der Waals surface area contributed by atoms with Gasteiger partial charge in [-0.15, -0.1) is 0 Å². The Balaban J connectivity index is 2.68. The van der Waals surface area contributed by atoms with E-state index in [0.29, 0.717) is 5.56 Å². The smallest absolute Gasteiger partial charge is 0.337 e. The fourth-order valence-electron chi connectivity index (χ4n) is 2.69. The van der Waals surface area contributed by atoms with Gasteiger partial charge in [0, 0.05) is 11.9 Å². The van der Waals surface area contributed by atoms with Crippen LogP contribution in [0.15, 0.2) is 6.20 Å². The molecule has 92 valence electrons. The van der Waals surface area contributed by atoms with Gasteiger partial charge in [0.2, 0.25) is 0 Å². The number of pyridine rings is 1. The van der Waals surface area contributed by atoms with Crippen LogP contribution in [0.5, 0.6) is 0 Å². The topological polar surface area (TPSA) is 50.2 Å². The van der Waals surface area contributed by atoms with Gasteiger partial charge in [0.25, 0.3) is 0 Å². The van der Waals surface area contributed by atoms with E-state index >= 15 is 0 Å². The van der Waals surface area contributed by atoms with Crippen molar-refractivity contribution in [3.63, 3.8) is 0 Å². The summed E-state index contributed by atoms with van der Waals surface area (Å²) >= 11 is 0. The quantitative estimate of drug-likeness (QED) is 0.811. The van der Waals surface area contributed by atoms with Gasteiger partial charge in [-0.05, 0) is 42.2 Å². The summed E-state index contributed by atoms with van der Waals surface area (Å²) in [6.45, 7) is 6.22. The first-order valence-corrected chi connectivity index (χ1v) is 6.16. The van der Waals surface area contributed by atoms with Crippen LogP contribution < -0.4 is 0 Å². The fourth-order valence-corrected chi connectivity index (χ4v) is 2.69. The van der Waals surface area contributed by atoms with Crippen LogP contribution in [0.2, 0.25) is 0 Å². The van der Waals surface area contributed by atoms with Gasteiger partial charge in [-0.1, -0.05) is 20.8 Å². The predicted molar refractivity (Wildman–Crippen MR) is 66.5 cm³/mol. The molecule has 1 heterocycles. The minimum absolute atomic E-state index is 0.141. The Morgan fingerprint density at radius 3 is 2.53 bits per heavy atom. The molecule has 3 nitrogen and oxygen atoms in total. The Morgan fingerprint density at radius 1 is 1.29 bits per heavy atom. The maximum Gasteiger partial charge on any atom is 0.337 e. The zero-order valence-corrected chi connectivity index (χ0v) is 10.7. The Bertz CT molecular complexity index is 458. The van der Waals surface area contributed by atoms with Gasteiger partial charge >= 0.3 is 5.97 Å². The largest absolute Gasteiger partial charge is 0.478 e. The first-order valence-electron chi connectivity index (χ1n) is 6.16. The number of carbonyl (C=O) groups is 1. The van der Waals surface area contributed by atoms with Crippen LogP contribution in [0.1, 0.15) is 60.8 Å². The monoisotopic (exact) mass is 233 g/mol. The van der Waals surface area contributed by atoms with Crippen LogP contribution in [0, 0.1) is 0 Å². The number of carboxylic acid groups (broad SMARTS) is 1. The molecule has 0 fully saturated rings. The molecule has 1 aromatic heterocycles. The van der Waals surface area contributed by atoms with Crippen molar-refractivity contribution >= 4 is 5.97 Å². The molecular weight excluding hydrogens is 214 g/mol. The molecule has 1 aliphatic rings. The number of hydrogen-bond donors (Lipinski definition) is 1. The summed E-state index contributed by atoms with van der Waals surface area (Å²) in [7, 11) is 0. The van der Waals surface area contributed by atoms with Crippen molar-refractivity contribution < 1.29 is 9.90 Å². The van der Waals surface area contributed by atoms with Crippen molar-refractivity contribution in [2.24, 2.45) is 0 Å².